The molecule has 0 aliphatic rings. The number of methoxy groups -OCH3 is 1. The Kier molecular flexibility index (Phi) is 9.45. The lowest BCUT2D eigenvalue weighted by Crippen LogP contribution is -2.37. The molecule has 2 aromatic rings. The minimum Gasteiger partial charge on any atom is -0.495 e. The molecule has 0 aromatic heterocycles. The highest BCUT2D eigenvalue weighted by Gasteiger charge is 2.15. The molecule has 0 saturated carbocycles. The van der Waals surface area contributed by atoms with Crippen LogP contribution in [-0.2, 0) is 9.59 Å². The summed E-state index contributed by atoms with van der Waals surface area (Å²) in [6.07, 6.45) is 4.94. The first-order valence-corrected chi connectivity index (χ1v) is 10.2. The largest absolute Gasteiger partial charge is 0.495 e. The molecule has 2 amide bonds. The molecule has 0 aliphatic carbocycles. The smallest absolute Gasteiger partial charge is 0.247 e. The van der Waals surface area contributed by atoms with Crippen LogP contribution in [0.15, 0.2) is 54.6 Å². The van der Waals surface area contributed by atoms with Crippen LogP contribution >= 0.6 is 0 Å². The average molecular weight is 411 g/mol. The Morgan fingerprint density at radius 2 is 1.77 bits per heavy atom. The summed E-state index contributed by atoms with van der Waals surface area (Å²) in [5.41, 5.74) is 1.47. The molecule has 2 aromatic carbocycles. The van der Waals surface area contributed by atoms with Gasteiger partial charge in [-0.15, -0.1) is 0 Å². The van der Waals surface area contributed by atoms with Crippen molar-refractivity contribution in [3.05, 3.63) is 60.2 Å². The van der Waals surface area contributed by atoms with Crippen molar-refractivity contribution < 1.29 is 19.1 Å². The van der Waals surface area contributed by atoms with E-state index in [-0.39, 0.29) is 18.4 Å². The summed E-state index contributed by atoms with van der Waals surface area (Å²) in [5, 5.41) is 2.81. The van der Waals surface area contributed by atoms with Crippen molar-refractivity contribution in [3.8, 4) is 11.5 Å². The van der Waals surface area contributed by atoms with Crippen molar-refractivity contribution in [2.24, 2.45) is 0 Å². The van der Waals surface area contributed by atoms with Gasteiger partial charge >= 0.3 is 0 Å². The quantitative estimate of drug-likeness (QED) is 0.559. The van der Waals surface area contributed by atoms with Gasteiger partial charge in [-0.25, -0.2) is 0 Å². The first-order chi connectivity index (χ1) is 14.6. The second-order valence-corrected chi connectivity index (χ2v) is 6.76. The number of hydrogen-bond acceptors (Lipinski definition) is 4. The van der Waals surface area contributed by atoms with Crippen LogP contribution in [0.3, 0.4) is 0 Å². The topological polar surface area (TPSA) is 67.9 Å². The number of nitrogens with zero attached hydrogens (tertiary/aromatic N) is 1. The Bertz CT molecular complexity index is 847. The van der Waals surface area contributed by atoms with Gasteiger partial charge in [0.2, 0.25) is 11.8 Å². The Morgan fingerprint density at radius 1 is 1.03 bits per heavy atom. The zero-order valence-corrected chi connectivity index (χ0v) is 17.9. The van der Waals surface area contributed by atoms with Crippen LogP contribution in [0.4, 0.5) is 5.69 Å². The number of carbonyl (C=O) groups is 2. The summed E-state index contributed by atoms with van der Waals surface area (Å²) >= 11 is 0. The van der Waals surface area contributed by atoms with Crippen molar-refractivity contribution in [2.75, 3.05) is 32.1 Å². The molecule has 0 heterocycles. The summed E-state index contributed by atoms with van der Waals surface area (Å²) in [5.74, 6) is 0.900. The molecule has 0 unspecified atom stereocenters. The van der Waals surface area contributed by atoms with Crippen molar-refractivity contribution in [1.29, 1.82) is 0 Å². The molecule has 0 atom stereocenters. The van der Waals surface area contributed by atoms with Gasteiger partial charge in [0.25, 0.3) is 0 Å². The number of carbonyl (C=O) groups excluding carboxylic acids is 2. The fourth-order valence-electron chi connectivity index (χ4n) is 2.82. The zero-order chi connectivity index (χ0) is 21.8. The lowest BCUT2D eigenvalue weighted by atomic mass is 10.2. The summed E-state index contributed by atoms with van der Waals surface area (Å²) < 4.78 is 10.8. The molecule has 30 heavy (non-hydrogen) atoms. The Morgan fingerprint density at radius 3 is 2.43 bits per heavy atom. The van der Waals surface area contributed by atoms with E-state index in [0.717, 1.165) is 24.2 Å². The van der Waals surface area contributed by atoms with Crippen molar-refractivity contribution in [1.82, 2.24) is 4.90 Å². The summed E-state index contributed by atoms with van der Waals surface area (Å²) in [4.78, 5) is 26.6. The van der Waals surface area contributed by atoms with Gasteiger partial charge in [0.05, 0.1) is 19.4 Å². The van der Waals surface area contributed by atoms with Gasteiger partial charge in [-0.1, -0.05) is 38.1 Å². The van der Waals surface area contributed by atoms with Crippen LogP contribution < -0.4 is 14.8 Å². The van der Waals surface area contributed by atoms with Crippen LogP contribution in [-0.4, -0.2) is 43.5 Å². The van der Waals surface area contributed by atoms with E-state index >= 15 is 0 Å². The van der Waals surface area contributed by atoms with Crippen LogP contribution in [0.2, 0.25) is 0 Å². The fraction of sp³-hybridized carbons (Fsp3) is 0.333. The maximum absolute atomic E-state index is 12.6. The van der Waals surface area contributed by atoms with Crippen molar-refractivity contribution in [3.63, 3.8) is 0 Å². The first-order valence-electron chi connectivity index (χ1n) is 10.2. The predicted molar refractivity (Wildman–Crippen MR) is 120 cm³/mol. The van der Waals surface area contributed by atoms with Gasteiger partial charge in [0.1, 0.15) is 18.0 Å². The molecule has 2 rings (SSSR count). The van der Waals surface area contributed by atoms with Gasteiger partial charge in [0, 0.05) is 12.6 Å². The highest BCUT2D eigenvalue weighted by atomic mass is 16.5. The second-order valence-electron chi connectivity index (χ2n) is 6.76. The van der Waals surface area contributed by atoms with Crippen molar-refractivity contribution >= 4 is 23.6 Å². The zero-order valence-electron chi connectivity index (χ0n) is 17.9. The SMILES string of the molecule is CCCOc1ccc(/C=C/C(=O)N(CCC)CC(=O)Nc2ccccc2OC)cc1. The van der Waals surface area contributed by atoms with Gasteiger partial charge in [-0.05, 0) is 48.7 Å². The van der Waals surface area contributed by atoms with E-state index in [1.54, 1.807) is 25.3 Å². The molecule has 160 valence electrons. The molecule has 0 radical (unpaired) electrons. The van der Waals surface area contributed by atoms with Gasteiger partial charge in [0.15, 0.2) is 0 Å². The van der Waals surface area contributed by atoms with E-state index in [9.17, 15) is 9.59 Å². The van der Waals surface area contributed by atoms with Crippen LogP contribution in [0.5, 0.6) is 11.5 Å². The molecular formula is C24H30N2O4. The molecule has 6 heteroatoms. The standard InChI is InChI=1S/C24H30N2O4/c1-4-16-26(18-23(27)25-21-8-6-7-9-22(21)29-3)24(28)15-12-19-10-13-20(14-11-19)30-17-5-2/h6-15H,4-5,16-18H2,1-3H3,(H,25,27)/b15-12+. The van der Waals surface area contributed by atoms with Gasteiger partial charge < -0.3 is 19.7 Å². The normalized spacial score (nSPS) is 10.6. The van der Waals surface area contributed by atoms with E-state index in [1.807, 2.05) is 43.3 Å². The number of anilines is 1. The number of ether oxygens (including phenoxy) is 2. The van der Waals surface area contributed by atoms with Gasteiger partial charge in [-0.3, -0.25) is 9.59 Å². The summed E-state index contributed by atoms with van der Waals surface area (Å²) in [6.45, 7) is 5.17. The van der Waals surface area contributed by atoms with E-state index in [4.69, 9.17) is 9.47 Å². The number of para-hydroxylation sites is 2. The van der Waals surface area contributed by atoms with Crippen molar-refractivity contribution in [2.45, 2.75) is 26.7 Å². The number of amides is 2. The Hall–Kier alpha value is -3.28. The van der Waals surface area contributed by atoms with Crippen LogP contribution in [0.25, 0.3) is 6.08 Å². The molecule has 6 nitrogen and oxygen atoms in total. The molecule has 1 N–H and O–H groups in total. The number of benzene rings is 2. The Labute approximate surface area is 178 Å². The molecule has 0 fully saturated rings. The van der Waals surface area contributed by atoms with Crippen LogP contribution in [0.1, 0.15) is 32.3 Å². The third kappa shape index (κ3) is 7.28. The highest BCUT2D eigenvalue weighted by molar-refractivity contribution is 5.98. The molecule has 0 spiro atoms. The minimum atomic E-state index is -0.271. The third-order valence-electron chi connectivity index (χ3n) is 4.29. The molecule has 0 saturated heterocycles. The summed E-state index contributed by atoms with van der Waals surface area (Å²) in [6, 6.07) is 14.7. The number of nitrogens with one attached hydrogen (secondary N) is 1. The summed E-state index contributed by atoms with van der Waals surface area (Å²) in [7, 11) is 1.55. The lowest BCUT2D eigenvalue weighted by molar-refractivity contribution is -0.130. The molecular weight excluding hydrogens is 380 g/mol. The third-order valence-corrected chi connectivity index (χ3v) is 4.29. The number of hydrogen-bond donors (Lipinski definition) is 1. The van der Waals surface area contributed by atoms with E-state index in [0.29, 0.717) is 24.6 Å². The first kappa shape index (κ1) is 23.0. The van der Waals surface area contributed by atoms with E-state index < -0.39 is 0 Å². The Balaban J connectivity index is 1.98. The maximum Gasteiger partial charge on any atom is 0.247 e. The molecule has 0 aliphatic heterocycles. The van der Waals surface area contributed by atoms with Gasteiger partial charge in [-0.2, -0.15) is 0 Å². The molecule has 0 bridgehead atoms. The van der Waals surface area contributed by atoms with E-state index in [2.05, 4.69) is 12.2 Å². The average Bonchev–Trinajstić information content (AvgIpc) is 2.76. The minimum absolute atomic E-state index is 0.0289. The highest BCUT2D eigenvalue weighted by Crippen LogP contribution is 2.22. The van der Waals surface area contributed by atoms with E-state index in [1.165, 1.54) is 11.0 Å². The monoisotopic (exact) mass is 410 g/mol. The lowest BCUT2D eigenvalue weighted by Gasteiger charge is -2.20. The fourth-order valence-corrected chi connectivity index (χ4v) is 2.82. The second kappa shape index (κ2) is 12.3. The van der Waals surface area contributed by atoms with Crippen LogP contribution in [0, 0.1) is 0 Å². The number of rotatable bonds is 11. The predicted octanol–water partition coefficient (Wildman–Crippen LogP) is 4.37. The maximum atomic E-state index is 12.6.